The van der Waals surface area contributed by atoms with Gasteiger partial charge in [0.05, 0.1) is 12.5 Å². The molecule has 3 aromatic heterocycles. The number of benzene rings is 1. The lowest BCUT2D eigenvalue weighted by atomic mass is 10.1. The fourth-order valence-electron chi connectivity index (χ4n) is 2.70. The van der Waals surface area contributed by atoms with Crippen LogP contribution in [0.4, 0.5) is 0 Å². The Bertz CT molecular complexity index is 1110. The molecule has 0 aliphatic carbocycles. The SMILES string of the molecule is COc1ccc(-c2csc3nc4n(C)nc(SC)n4c(=O)c23)cc1. The fourth-order valence-corrected chi connectivity index (χ4v) is 4.19. The van der Waals surface area contributed by atoms with Crippen molar-refractivity contribution < 1.29 is 4.74 Å². The zero-order valence-electron chi connectivity index (χ0n) is 13.3. The lowest BCUT2D eigenvalue weighted by Crippen LogP contribution is -2.15. The van der Waals surface area contributed by atoms with Crippen LogP contribution in [0.25, 0.3) is 27.1 Å². The smallest absolute Gasteiger partial charge is 0.270 e. The molecule has 0 bridgehead atoms. The first-order valence-electron chi connectivity index (χ1n) is 7.19. The first-order chi connectivity index (χ1) is 11.6. The molecule has 4 rings (SSSR count). The number of hydrogen-bond acceptors (Lipinski definition) is 6. The summed E-state index contributed by atoms with van der Waals surface area (Å²) in [7, 11) is 3.43. The predicted octanol–water partition coefficient (Wildman–Crippen LogP) is 3.04. The number of rotatable bonds is 3. The quantitative estimate of drug-likeness (QED) is 0.527. The molecule has 0 radical (unpaired) electrons. The summed E-state index contributed by atoms with van der Waals surface area (Å²) in [4.78, 5) is 18.5. The number of aromatic nitrogens is 4. The zero-order chi connectivity index (χ0) is 16.8. The molecular weight excluding hydrogens is 344 g/mol. The Kier molecular flexibility index (Phi) is 3.58. The maximum absolute atomic E-state index is 13.1. The van der Waals surface area contributed by atoms with Gasteiger partial charge in [-0.15, -0.1) is 16.4 Å². The predicted molar refractivity (Wildman–Crippen MR) is 97.4 cm³/mol. The standard InChI is InChI=1S/C16H14N4O2S2/c1-19-15-17-13-12(14(21)20(15)16(18-19)23-3)11(8-24-13)9-4-6-10(22-2)7-5-9/h4-8H,1-3H3. The maximum Gasteiger partial charge on any atom is 0.270 e. The molecule has 0 unspecified atom stereocenters. The van der Waals surface area contributed by atoms with Crippen LogP contribution < -0.4 is 10.3 Å². The van der Waals surface area contributed by atoms with Crippen molar-refractivity contribution in [3.63, 3.8) is 0 Å². The van der Waals surface area contributed by atoms with Gasteiger partial charge < -0.3 is 4.74 Å². The van der Waals surface area contributed by atoms with E-state index in [2.05, 4.69) is 10.1 Å². The Morgan fingerprint density at radius 1 is 1.25 bits per heavy atom. The number of aryl methyl sites for hydroxylation is 1. The van der Waals surface area contributed by atoms with Crippen molar-refractivity contribution in [1.29, 1.82) is 0 Å². The summed E-state index contributed by atoms with van der Waals surface area (Å²) in [6.45, 7) is 0. The summed E-state index contributed by atoms with van der Waals surface area (Å²) in [5.41, 5.74) is 1.77. The first kappa shape index (κ1) is 15.2. The van der Waals surface area contributed by atoms with Crippen LogP contribution in [0.1, 0.15) is 0 Å². The van der Waals surface area contributed by atoms with Crippen LogP contribution in [0, 0.1) is 0 Å². The molecule has 0 amide bonds. The molecule has 0 saturated carbocycles. The van der Waals surface area contributed by atoms with Crippen LogP contribution in [0.5, 0.6) is 5.75 Å². The highest BCUT2D eigenvalue weighted by atomic mass is 32.2. The summed E-state index contributed by atoms with van der Waals surface area (Å²) in [5, 5.41) is 7.61. The molecule has 4 aromatic rings. The van der Waals surface area contributed by atoms with Gasteiger partial charge in [-0.05, 0) is 24.0 Å². The van der Waals surface area contributed by atoms with E-state index in [4.69, 9.17) is 4.74 Å². The summed E-state index contributed by atoms with van der Waals surface area (Å²) in [5.74, 6) is 1.34. The topological polar surface area (TPSA) is 61.4 Å². The number of ether oxygens (including phenoxy) is 1. The minimum atomic E-state index is -0.0838. The number of thiophene rings is 1. The van der Waals surface area contributed by atoms with E-state index in [-0.39, 0.29) is 5.56 Å². The monoisotopic (exact) mass is 358 g/mol. The van der Waals surface area contributed by atoms with E-state index in [9.17, 15) is 4.79 Å². The van der Waals surface area contributed by atoms with Crippen LogP contribution in [0.3, 0.4) is 0 Å². The van der Waals surface area contributed by atoms with Gasteiger partial charge in [0, 0.05) is 18.0 Å². The molecular formula is C16H14N4O2S2. The molecule has 122 valence electrons. The molecule has 24 heavy (non-hydrogen) atoms. The van der Waals surface area contributed by atoms with Crippen molar-refractivity contribution >= 4 is 39.1 Å². The van der Waals surface area contributed by atoms with Crippen molar-refractivity contribution in [3.8, 4) is 16.9 Å². The third kappa shape index (κ3) is 2.14. The second-order valence-electron chi connectivity index (χ2n) is 5.22. The van der Waals surface area contributed by atoms with E-state index >= 15 is 0 Å². The Balaban J connectivity index is 2.04. The van der Waals surface area contributed by atoms with Gasteiger partial charge >= 0.3 is 0 Å². The molecule has 1 aromatic carbocycles. The molecule has 6 nitrogen and oxygen atoms in total. The van der Waals surface area contributed by atoms with E-state index in [1.807, 2.05) is 35.9 Å². The normalized spacial score (nSPS) is 11.5. The molecule has 0 aliphatic rings. The van der Waals surface area contributed by atoms with Gasteiger partial charge in [0.2, 0.25) is 5.78 Å². The third-order valence-corrected chi connectivity index (χ3v) is 5.39. The minimum Gasteiger partial charge on any atom is -0.497 e. The second kappa shape index (κ2) is 5.64. The van der Waals surface area contributed by atoms with Gasteiger partial charge in [-0.1, -0.05) is 23.9 Å². The number of hydrogen-bond donors (Lipinski definition) is 0. The van der Waals surface area contributed by atoms with Gasteiger partial charge in [0.25, 0.3) is 5.56 Å². The Morgan fingerprint density at radius 2 is 2.00 bits per heavy atom. The summed E-state index contributed by atoms with van der Waals surface area (Å²) in [6.07, 6.45) is 1.90. The van der Waals surface area contributed by atoms with Gasteiger partial charge in [0.15, 0.2) is 5.16 Å². The average Bonchev–Trinajstić information content (AvgIpc) is 3.17. The summed E-state index contributed by atoms with van der Waals surface area (Å²) >= 11 is 2.90. The van der Waals surface area contributed by atoms with Crippen molar-refractivity contribution in [2.45, 2.75) is 5.16 Å². The Morgan fingerprint density at radius 3 is 2.67 bits per heavy atom. The van der Waals surface area contributed by atoms with Crippen LogP contribution in [0.15, 0.2) is 39.6 Å². The van der Waals surface area contributed by atoms with E-state index < -0.39 is 0 Å². The molecule has 0 aliphatic heterocycles. The largest absolute Gasteiger partial charge is 0.497 e. The van der Waals surface area contributed by atoms with Gasteiger partial charge in [-0.3, -0.25) is 4.79 Å². The maximum atomic E-state index is 13.1. The molecule has 3 heterocycles. The summed E-state index contributed by atoms with van der Waals surface area (Å²) in [6, 6.07) is 7.68. The van der Waals surface area contributed by atoms with E-state index in [0.717, 1.165) is 21.7 Å². The van der Waals surface area contributed by atoms with Crippen molar-refractivity contribution in [2.24, 2.45) is 7.05 Å². The summed E-state index contributed by atoms with van der Waals surface area (Å²) < 4.78 is 8.41. The highest BCUT2D eigenvalue weighted by molar-refractivity contribution is 7.98. The first-order valence-corrected chi connectivity index (χ1v) is 9.30. The van der Waals surface area contributed by atoms with Crippen molar-refractivity contribution in [3.05, 3.63) is 40.0 Å². The number of thioether (sulfide) groups is 1. The highest BCUT2D eigenvalue weighted by Crippen LogP contribution is 2.32. The molecule has 0 spiro atoms. The second-order valence-corrected chi connectivity index (χ2v) is 6.85. The molecule has 0 fully saturated rings. The molecule has 8 heteroatoms. The average molecular weight is 358 g/mol. The van der Waals surface area contributed by atoms with Crippen molar-refractivity contribution in [2.75, 3.05) is 13.4 Å². The number of nitrogens with zero attached hydrogens (tertiary/aromatic N) is 4. The van der Waals surface area contributed by atoms with Gasteiger partial charge in [-0.2, -0.15) is 0 Å². The van der Waals surface area contributed by atoms with Crippen LogP contribution >= 0.6 is 23.1 Å². The van der Waals surface area contributed by atoms with Crippen LogP contribution in [-0.2, 0) is 7.05 Å². The highest BCUT2D eigenvalue weighted by Gasteiger charge is 2.18. The van der Waals surface area contributed by atoms with Crippen LogP contribution in [0.2, 0.25) is 0 Å². The number of fused-ring (bicyclic) bond motifs is 2. The van der Waals surface area contributed by atoms with Crippen molar-refractivity contribution in [1.82, 2.24) is 19.2 Å². The van der Waals surface area contributed by atoms with E-state index in [1.165, 1.54) is 23.1 Å². The lowest BCUT2D eigenvalue weighted by molar-refractivity contribution is 0.415. The Hall–Kier alpha value is -2.32. The third-order valence-electron chi connectivity index (χ3n) is 3.89. The lowest BCUT2D eigenvalue weighted by Gasteiger charge is -2.03. The Labute approximate surface area is 145 Å². The van der Waals surface area contributed by atoms with E-state index in [1.54, 1.807) is 23.2 Å². The number of methoxy groups -OCH3 is 1. The van der Waals surface area contributed by atoms with E-state index in [0.29, 0.717) is 16.3 Å². The molecule has 0 N–H and O–H groups in total. The molecule has 0 atom stereocenters. The fraction of sp³-hybridized carbons (Fsp3) is 0.188. The minimum absolute atomic E-state index is 0.0838. The van der Waals surface area contributed by atoms with Crippen LogP contribution in [-0.4, -0.2) is 32.5 Å². The van der Waals surface area contributed by atoms with Gasteiger partial charge in [-0.25, -0.2) is 14.1 Å². The van der Waals surface area contributed by atoms with Gasteiger partial charge in [0.1, 0.15) is 10.6 Å². The zero-order valence-corrected chi connectivity index (χ0v) is 14.9. The molecule has 0 saturated heterocycles.